The van der Waals surface area contributed by atoms with Gasteiger partial charge in [0.05, 0.1) is 9.79 Å². The third-order valence-corrected chi connectivity index (χ3v) is 6.01. The summed E-state index contributed by atoms with van der Waals surface area (Å²) in [6.07, 6.45) is 2.38. The summed E-state index contributed by atoms with van der Waals surface area (Å²) < 4.78 is 70.4. The maximum absolute atomic E-state index is 11.8. The van der Waals surface area contributed by atoms with Crippen LogP contribution < -0.4 is 75.1 Å². The molecule has 10 nitrogen and oxygen atoms in total. The molecule has 0 aromatic heterocycles. The van der Waals surface area contributed by atoms with Gasteiger partial charge in [-0.2, -0.15) is 0 Å². The first-order valence-electron chi connectivity index (χ1n) is 9.40. The van der Waals surface area contributed by atoms with Gasteiger partial charge in [-0.1, -0.05) is 24.3 Å². The molecule has 35 heavy (non-hydrogen) atoms. The van der Waals surface area contributed by atoms with Crippen molar-refractivity contribution < 1.29 is 89.9 Å². The number of carbonyl (C=O) groups is 1. The summed E-state index contributed by atoms with van der Waals surface area (Å²) >= 11 is 5.11. The number of benzene rings is 2. The zero-order valence-electron chi connectivity index (χ0n) is 19.8. The second-order valence-corrected chi connectivity index (χ2v) is 10.3. The van der Waals surface area contributed by atoms with Crippen LogP contribution in [-0.2, 0) is 25.0 Å². The molecule has 2 rings (SSSR count). The first-order chi connectivity index (χ1) is 15.2. The Bertz CT molecular complexity index is 1330. The minimum atomic E-state index is -4.93. The molecule has 0 bridgehead atoms. The first-order valence-corrected chi connectivity index (χ1v) is 12.6. The van der Waals surface area contributed by atoms with E-state index >= 15 is 0 Å². The molecular weight excluding hydrogens is 536 g/mol. The number of nitrogens with one attached hydrogen (secondary N) is 3. The normalized spacial score (nSPS) is 11.4. The topological polar surface area (TPSA) is 168 Å². The van der Waals surface area contributed by atoms with Gasteiger partial charge in [-0.25, -0.2) is 16.8 Å². The molecule has 0 aliphatic heterocycles. The average Bonchev–Trinajstić information content (AvgIpc) is 2.65. The van der Waals surface area contributed by atoms with Crippen LogP contribution in [0.4, 0.5) is 11.4 Å². The number of hydrogen-bond acceptors (Lipinski definition) is 8. The van der Waals surface area contributed by atoms with Crippen LogP contribution >= 0.6 is 12.2 Å². The van der Waals surface area contributed by atoms with Gasteiger partial charge >= 0.3 is 59.1 Å². The van der Waals surface area contributed by atoms with E-state index in [1.54, 1.807) is 0 Å². The number of carbonyl (C=O) groups excluding carboxylic acids is 1. The van der Waals surface area contributed by atoms with Crippen LogP contribution in [0.25, 0.3) is 12.2 Å². The van der Waals surface area contributed by atoms with Crippen LogP contribution in [0.5, 0.6) is 0 Å². The van der Waals surface area contributed by atoms with Gasteiger partial charge < -0.3 is 25.1 Å². The average molecular weight is 558 g/mol. The summed E-state index contributed by atoms with van der Waals surface area (Å²) in [6.45, 7) is 4.93. The Morgan fingerprint density at radius 1 is 0.857 bits per heavy atom. The number of amides is 1. The predicted molar refractivity (Wildman–Crippen MR) is 127 cm³/mol. The van der Waals surface area contributed by atoms with Gasteiger partial charge in [0, 0.05) is 24.3 Å². The fourth-order valence-electron chi connectivity index (χ4n) is 2.74. The summed E-state index contributed by atoms with van der Waals surface area (Å²) in [5, 5.41) is 8.29. The van der Waals surface area contributed by atoms with Crippen LogP contribution in [0.15, 0.2) is 46.2 Å². The third kappa shape index (κ3) is 11.0. The Kier molecular flexibility index (Phi) is 13.9. The molecule has 178 valence electrons. The van der Waals surface area contributed by atoms with Crippen molar-refractivity contribution in [3.05, 3.63) is 47.5 Å². The Morgan fingerprint density at radius 3 is 1.60 bits per heavy atom. The fraction of sp³-hybridized carbons (Fsp3) is 0.200. The van der Waals surface area contributed by atoms with Gasteiger partial charge in [0.1, 0.15) is 20.2 Å². The molecule has 0 radical (unpaired) electrons. The Hall–Kier alpha value is -0.840. The molecular formula is C20H21N3Na2O7S3. The van der Waals surface area contributed by atoms with Crippen molar-refractivity contribution in [2.24, 2.45) is 0 Å². The monoisotopic (exact) mass is 557 g/mol. The molecule has 0 saturated carbocycles. The molecule has 15 heteroatoms. The molecule has 0 fully saturated rings. The molecule has 0 aliphatic carbocycles. The van der Waals surface area contributed by atoms with Gasteiger partial charge in [0.25, 0.3) is 0 Å². The third-order valence-electron chi connectivity index (χ3n) is 4.01. The summed E-state index contributed by atoms with van der Waals surface area (Å²) in [7, 11) is -9.84. The van der Waals surface area contributed by atoms with Crippen molar-refractivity contribution in [1.82, 2.24) is 5.32 Å². The van der Waals surface area contributed by atoms with Gasteiger partial charge in [-0.3, -0.25) is 4.79 Å². The molecule has 2 aromatic rings. The molecule has 0 aliphatic rings. The summed E-state index contributed by atoms with van der Waals surface area (Å²) in [5.74, 6) is -0.463. The summed E-state index contributed by atoms with van der Waals surface area (Å²) in [5.41, 5.74) is 0.261. The zero-order valence-corrected chi connectivity index (χ0v) is 26.2. The molecule has 0 unspecified atom stereocenters. The van der Waals surface area contributed by atoms with E-state index in [0.29, 0.717) is 0 Å². The van der Waals surface area contributed by atoms with Gasteiger partial charge in [0.2, 0.25) is 5.91 Å². The number of rotatable bonds is 7. The predicted octanol–water partition coefficient (Wildman–Crippen LogP) is -3.67. The van der Waals surface area contributed by atoms with Crippen LogP contribution in [0.1, 0.15) is 31.9 Å². The van der Waals surface area contributed by atoms with Crippen LogP contribution in [-0.4, -0.2) is 43.0 Å². The Labute approximate surface area is 254 Å². The number of thiocarbonyl (C=S) groups is 1. The van der Waals surface area contributed by atoms with E-state index in [-0.39, 0.29) is 92.8 Å². The van der Waals surface area contributed by atoms with E-state index in [1.807, 2.05) is 13.8 Å². The second kappa shape index (κ2) is 14.2. The van der Waals surface area contributed by atoms with Gasteiger partial charge in [-0.05, 0) is 61.5 Å². The van der Waals surface area contributed by atoms with E-state index in [0.717, 1.165) is 12.1 Å². The van der Waals surface area contributed by atoms with E-state index in [2.05, 4.69) is 16.0 Å². The molecule has 2 aromatic carbocycles. The van der Waals surface area contributed by atoms with Gasteiger partial charge in [0.15, 0.2) is 5.11 Å². The molecule has 0 saturated heterocycles. The van der Waals surface area contributed by atoms with Crippen molar-refractivity contribution in [3.63, 3.8) is 0 Å². The minimum absolute atomic E-state index is 0. The quantitative estimate of drug-likeness (QED) is 0.134. The Balaban J connectivity index is 0.00000578. The van der Waals surface area contributed by atoms with Crippen molar-refractivity contribution in [1.29, 1.82) is 0 Å². The molecule has 0 heterocycles. The molecule has 0 atom stereocenters. The number of hydrogen-bond donors (Lipinski definition) is 3. The molecule has 3 N–H and O–H groups in total. The van der Waals surface area contributed by atoms with Crippen molar-refractivity contribution in [3.8, 4) is 0 Å². The van der Waals surface area contributed by atoms with Crippen LogP contribution in [0.3, 0.4) is 0 Å². The maximum atomic E-state index is 11.8. The van der Waals surface area contributed by atoms with Crippen molar-refractivity contribution >= 4 is 67.0 Å². The van der Waals surface area contributed by atoms with Crippen molar-refractivity contribution in [2.75, 3.05) is 10.6 Å². The molecule has 0 spiro atoms. The summed E-state index contributed by atoms with van der Waals surface area (Å²) in [6, 6.07) is 7.57. The SMILES string of the molecule is CC(=O)Nc1ccc(C=Cc2ccc(NC(=S)NC(C)C)cc2S(=O)(=O)[O-])c(S(=O)(=O)[O-])c1.[Na+].[Na+]. The fourth-order valence-corrected chi connectivity index (χ4v) is 4.49. The van der Waals surface area contributed by atoms with Crippen molar-refractivity contribution in [2.45, 2.75) is 36.6 Å². The standard InChI is InChI=1S/C20H23N3O7S3.2Na/c1-12(2)21-20(31)23-17-9-7-15(19(11-17)33(28,29)30)5-4-14-6-8-16(22-13(3)24)10-18(14)32(25,26)27;;/h4-12H,1-3H3,(H,22,24)(H2,21,23,31)(H,25,26,27)(H,28,29,30);;/q;2*+1/p-2. The largest absolute Gasteiger partial charge is 1.00 e. The first kappa shape index (κ1) is 34.2. The maximum Gasteiger partial charge on any atom is 1.00 e. The van der Waals surface area contributed by atoms with E-state index in [9.17, 15) is 30.7 Å². The van der Waals surface area contributed by atoms with Crippen LogP contribution in [0.2, 0.25) is 0 Å². The van der Waals surface area contributed by atoms with E-state index < -0.39 is 35.9 Å². The summed E-state index contributed by atoms with van der Waals surface area (Å²) in [4.78, 5) is 9.99. The van der Waals surface area contributed by atoms with Crippen LogP contribution in [0, 0.1) is 0 Å². The smallest absolute Gasteiger partial charge is 0.744 e. The van der Waals surface area contributed by atoms with E-state index in [4.69, 9.17) is 12.2 Å². The molecule has 1 amide bonds. The minimum Gasteiger partial charge on any atom is -0.744 e. The zero-order chi connectivity index (χ0) is 25.0. The number of anilines is 2. The Morgan fingerprint density at radius 2 is 1.26 bits per heavy atom. The van der Waals surface area contributed by atoms with E-state index in [1.165, 1.54) is 43.3 Å². The van der Waals surface area contributed by atoms with Gasteiger partial charge in [-0.15, -0.1) is 0 Å². The second-order valence-electron chi connectivity index (χ2n) is 7.18.